The first kappa shape index (κ1) is 10.8. The summed E-state index contributed by atoms with van der Waals surface area (Å²) < 4.78 is 29.6. The number of hydrogen-bond donors (Lipinski definition) is 0. The maximum absolute atomic E-state index is 12.1. The molecule has 5 heteroatoms. The van der Waals surface area contributed by atoms with Crippen molar-refractivity contribution in [3.8, 4) is 0 Å². The van der Waals surface area contributed by atoms with Crippen LogP contribution < -0.4 is 0 Å². The van der Waals surface area contributed by atoms with Crippen LogP contribution >= 0.6 is 0 Å². The lowest BCUT2D eigenvalue weighted by atomic mass is 9.79. The molecule has 0 unspecified atom stereocenters. The van der Waals surface area contributed by atoms with E-state index in [9.17, 15) is 8.42 Å². The molecule has 2 bridgehead atoms. The fourth-order valence-corrected chi connectivity index (χ4v) is 8.02. The highest BCUT2D eigenvalue weighted by Gasteiger charge is 2.72. The zero-order chi connectivity index (χ0) is 11.7. The van der Waals surface area contributed by atoms with Gasteiger partial charge in [-0.1, -0.05) is 0 Å². The zero-order valence-electron chi connectivity index (χ0n) is 9.97. The molecule has 0 aromatic heterocycles. The molecule has 4 nitrogen and oxygen atoms in total. The van der Waals surface area contributed by atoms with Crippen LogP contribution in [-0.2, 0) is 14.6 Å². The van der Waals surface area contributed by atoms with Crippen molar-refractivity contribution in [1.82, 2.24) is 4.90 Å². The molecule has 2 aliphatic carbocycles. The molecule has 2 aliphatic heterocycles. The lowest BCUT2D eigenvalue weighted by Crippen LogP contribution is -2.75. The SMILES string of the molecule is O=S1(=O)C[C@]2(N3CCOCC3)[C@H]3CC[C@@H](C3)[C@H]21. The van der Waals surface area contributed by atoms with E-state index in [1.807, 2.05) is 0 Å². The van der Waals surface area contributed by atoms with Crippen LogP contribution in [0, 0.1) is 11.8 Å². The Morgan fingerprint density at radius 2 is 1.94 bits per heavy atom. The maximum Gasteiger partial charge on any atom is 0.157 e. The third kappa shape index (κ3) is 1.18. The highest BCUT2D eigenvalue weighted by molar-refractivity contribution is 7.93. The summed E-state index contributed by atoms with van der Waals surface area (Å²) in [4.78, 5) is 2.45. The van der Waals surface area contributed by atoms with E-state index in [4.69, 9.17) is 4.74 Å². The van der Waals surface area contributed by atoms with Gasteiger partial charge in [-0.05, 0) is 31.1 Å². The van der Waals surface area contributed by atoms with Gasteiger partial charge in [0.2, 0.25) is 0 Å². The second kappa shape index (κ2) is 3.25. The summed E-state index contributed by atoms with van der Waals surface area (Å²) in [5.41, 5.74) is 0.0194. The number of hydrogen-bond acceptors (Lipinski definition) is 4. The summed E-state index contributed by atoms with van der Waals surface area (Å²) in [5, 5.41) is -0.0353. The van der Waals surface area contributed by atoms with E-state index in [0.29, 0.717) is 17.6 Å². The van der Waals surface area contributed by atoms with Crippen molar-refractivity contribution >= 4 is 9.84 Å². The van der Waals surface area contributed by atoms with Gasteiger partial charge >= 0.3 is 0 Å². The molecule has 4 fully saturated rings. The minimum atomic E-state index is -2.78. The quantitative estimate of drug-likeness (QED) is 0.677. The van der Waals surface area contributed by atoms with Gasteiger partial charge in [0.25, 0.3) is 0 Å². The van der Waals surface area contributed by atoms with Crippen LogP contribution in [0.25, 0.3) is 0 Å². The fourth-order valence-electron chi connectivity index (χ4n) is 5.01. The highest BCUT2D eigenvalue weighted by atomic mass is 32.2. The first-order valence-electron chi connectivity index (χ1n) is 6.69. The fraction of sp³-hybridized carbons (Fsp3) is 1.00. The molecule has 4 rings (SSSR count). The third-order valence-electron chi connectivity index (χ3n) is 5.52. The Hall–Kier alpha value is -0.130. The largest absolute Gasteiger partial charge is 0.379 e. The van der Waals surface area contributed by atoms with Crippen LogP contribution in [0.4, 0.5) is 0 Å². The number of ether oxygens (including phenoxy) is 1. The van der Waals surface area contributed by atoms with Gasteiger partial charge in [-0.3, -0.25) is 4.90 Å². The Balaban J connectivity index is 1.72. The van der Waals surface area contributed by atoms with Gasteiger partial charge in [0, 0.05) is 13.1 Å². The number of rotatable bonds is 1. The monoisotopic (exact) mass is 257 g/mol. The van der Waals surface area contributed by atoms with Crippen LogP contribution in [0.2, 0.25) is 0 Å². The van der Waals surface area contributed by atoms with Crippen molar-refractivity contribution in [3.63, 3.8) is 0 Å². The van der Waals surface area contributed by atoms with Gasteiger partial charge in [0.15, 0.2) is 9.84 Å². The minimum absolute atomic E-state index is 0.0194. The lowest BCUT2D eigenvalue weighted by Gasteiger charge is -2.58. The van der Waals surface area contributed by atoms with Gasteiger partial charge in [-0.15, -0.1) is 0 Å². The topological polar surface area (TPSA) is 46.6 Å². The second-order valence-electron chi connectivity index (χ2n) is 6.09. The van der Waals surface area contributed by atoms with E-state index in [0.717, 1.165) is 39.1 Å². The lowest BCUT2D eigenvalue weighted by molar-refractivity contribution is -0.0416. The molecule has 0 radical (unpaired) electrons. The van der Waals surface area contributed by atoms with Gasteiger partial charge < -0.3 is 4.74 Å². The molecule has 96 valence electrons. The predicted molar refractivity (Wildman–Crippen MR) is 63.5 cm³/mol. The molecular weight excluding hydrogens is 238 g/mol. The van der Waals surface area contributed by atoms with Crippen molar-refractivity contribution in [2.24, 2.45) is 11.8 Å². The standard InChI is InChI=1S/C12H19NO3S/c14-17(15)8-12(13-3-5-16-6-4-13)10-2-1-9(7-10)11(12)17/h9-11H,1-8H2/t9-,10-,11+,12-/m0/s1. The Morgan fingerprint density at radius 1 is 1.18 bits per heavy atom. The first-order valence-corrected chi connectivity index (χ1v) is 8.40. The second-order valence-corrected chi connectivity index (χ2v) is 8.21. The molecule has 4 atom stereocenters. The van der Waals surface area contributed by atoms with Crippen LogP contribution in [0.5, 0.6) is 0 Å². The molecule has 0 aromatic carbocycles. The van der Waals surface area contributed by atoms with Crippen molar-refractivity contribution in [2.45, 2.75) is 30.1 Å². The summed E-state index contributed by atoms with van der Waals surface area (Å²) >= 11 is 0. The summed E-state index contributed by atoms with van der Waals surface area (Å²) in [7, 11) is -2.78. The average molecular weight is 257 g/mol. The molecule has 2 saturated carbocycles. The van der Waals surface area contributed by atoms with Crippen LogP contribution in [0.1, 0.15) is 19.3 Å². The Morgan fingerprint density at radius 3 is 2.65 bits per heavy atom. The van der Waals surface area contributed by atoms with Crippen molar-refractivity contribution in [3.05, 3.63) is 0 Å². The third-order valence-corrected chi connectivity index (χ3v) is 7.95. The van der Waals surface area contributed by atoms with Gasteiger partial charge in [-0.25, -0.2) is 8.42 Å². The maximum atomic E-state index is 12.1. The summed E-state index contributed by atoms with van der Waals surface area (Å²) in [6.45, 7) is 3.39. The first-order chi connectivity index (χ1) is 8.14. The van der Waals surface area contributed by atoms with E-state index in [2.05, 4.69) is 4.90 Å². The number of sulfone groups is 1. The van der Waals surface area contributed by atoms with Crippen molar-refractivity contribution < 1.29 is 13.2 Å². The van der Waals surface area contributed by atoms with Crippen LogP contribution in [0.3, 0.4) is 0 Å². The van der Waals surface area contributed by atoms with Gasteiger partial charge in [-0.2, -0.15) is 0 Å². The number of fused-ring (bicyclic) bond motifs is 5. The molecule has 2 saturated heterocycles. The average Bonchev–Trinajstić information content (AvgIpc) is 2.85. The molecule has 0 amide bonds. The minimum Gasteiger partial charge on any atom is -0.379 e. The molecule has 0 N–H and O–H groups in total. The predicted octanol–water partition coefficient (Wildman–Crippen LogP) is 0.284. The molecule has 2 heterocycles. The summed E-state index contributed by atoms with van der Waals surface area (Å²) in [6.07, 6.45) is 3.54. The van der Waals surface area contributed by atoms with Crippen molar-refractivity contribution in [2.75, 3.05) is 32.1 Å². The highest BCUT2D eigenvalue weighted by Crippen LogP contribution is 2.62. The van der Waals surface area contributed by atoms with E-state index in [1.54, 1.807) is 0 Å². The molecule has 17 heavy (non-hydrogen) atoms. The Labute approximate surface area is 102 Å². The smallest absolute Gasteiger partial charge is 0.157 e. The van der Waals surface area contributed by atoms with E-state index >= 15 is 0 Å². The Kier molecular flexibility index (Phi) is 2.06. The Bertz CT molecular complexity index is 443. The normalized spacial score (nSPS) is 52.1. The summed E-state index contributed by atoms with van der Waals surface area (Å²) in [6, 6.07) is 0. The number of nitrogens with zero attached hydrogens (tertiary/aromatic N) is 1. The van der Waals surface area contributed by atoms with E-state index in [1.165, 1.54) is 6.42 Å². The van der Waals surface area contributed by atoms with Crippen LogP contribution in [-0.4, -0.2) is 56.2 Å². The zero-order valence-corrected chi connectivity index (χ0v) is 10.8. The molecule has 0 spiro atoms. The number of morpholine rings is 1. The molecule has 0 aromatic rings. The van der Waals surface area contributed by atoms with E-state index in [-0.39, 0.29) is 10.8 Å². The summed E-state index contributed by atoms with van der Waals surface area (Å²) in [5.74, 6) is 1.52. The van der Waals surface area contributed by atoms with E-state index < -0.39 is 9.84 Å². The molecular formula is C12H19NO3S. The van der Waals surface area contributed by atoms with Gasteiger partial charge in [0.05, 0.1) is 29.8 Å². The molecule has 4 aliphatic rings. The van der Waals surface area contributed by atoms with Crippen molar-refractivity contribution in [1.29, 1.82) is 0 Å². The van der Waals surface area contributed by atoms with Gasteiger partial charge in [0.1, 0.15) is 0 Å². The van der Waals surface area contributed by atoms with Crippen LogP contribution in [0.15, 0.2) is 0 Å².